The summed E-state index contributed by atoms with van der Waals surface area (Å²) in [5, 5.41) is 0. The summed E-state index contributed by atoms with van der Waals surface area (Å²) in [6.45, 7) is 0.0903. The molecule has 1 amide bonds. The van der Waals surface area contributed by atoms with Crippen LogP contribution in [0.5, 0.6) is 11.5 Å². The van der Waals surface area contributed by atoms with Crippen molar-refractivity contribution in [3.63, 3.8) is 0 Å². The molecule has 4 aromatic carbocycles. The van der Waals surface area contributed by atoms with E-state index >= 15 is 0 Å². The Labute approximate surface area is 213 Å². The van der Waals surface area contributed by atoms with Gasteiger partial charge in [-0.05, 0) is 71.8 Å². The van der Waals surface area contributed by atoms with Gasteiger partial charge in [0, 0.05) is 13.1 Å². The number of benzene rings is 4. The number of carbonyl (C=O) groups excluding carboxylic acids is 1. The third-order valence-corrected chi connectivity index (χ3v) is 6.77. The smallest absolute Gasteiger partial charge is 0.339 e. The molecule has 0 N–H and O–H groups in total. The fraction of sp³-hybridized carbons (Fsp3) is 0.107. The maximum atomic E-state index is 14.4. The van der Waals surface area contributed by atoms with Crippen LogP contribution in [0.25, 0.3) is 0 Å². The molecular weight excluding hydrogens is 500 g/mol. The molecule has 0 bridgehead atoms. The van der Waals surface area contributed by atoms with Gasteiger partial charge in [0.05, 0.1) is 12.7 Å². The second-order valence-electron chi connectivity index (χ2n) is 8.13. The molecule has 190 valence electrons. The number of hydrogen-bond acceptors (Lipinski definition) is 5. The Morgan fingerprint density at radius 1 is 0.784 bits per heavy atom. The van der Waals surface area contributed by atoms with E-state index in [1.165, 1.54) is 90.9 Å². The lowest BCUT2D eigenvalue weighted by molar-refractivity contribution is 0.0725. The third kappa shape index (κ3) is 6.50. The minimum absolute atomic E-state index is 0.0182. The number of carbonyl (C=O) groups is 1. The van der Waals surface area contributed by atoms with E-state index in [2.05, 4.69) is 0 Å². The zero-order valence-corrected chi connectivity index (χ0v) is 20.6. The monoisotopic (exact) mass is 523 g/mol. The minimum atomic E-state index is -4.12. The number of rotatable bonds is 9. The summed E-state index contributed by atoms with van der Waals surface area (Å²) in [4.78, 5) is 14.6. The Hall–Kier alpha value is -4.24. The van der Waals surface area contributed by atoms with E-state index in [0.717, 1.165) is 0 Å². The highest BCUT2D eigenvalue weighted by atomic mass is 32.2. The van der Waals surface area contributed by atoms with Gasteiger partial charge < -0.3 is 13.8 Å². The number of ether oxygens (including phenoxy) is 1. The number of nitrogens with zero attached hydrogens (tertiary/aromatic N) is 1. The van der Waals surface area contributed by atoms with E-state index in [4.69, 9.17) is 8.92 Å². The molecule has 0 saturated heterocycles. The molecule has 0 saturated carbocycles. The second-order valence-corrected chi connectivity index (χ2v) is 9.67. The summed E-state index contributed by atoms with van der Waals surface area (Å²) < 4.78 is 63.6. The Morgan fingerprint density at radius 2 is 1.46 bits per heavy atom. The van der Waals surface area contributed by atoms with Crippen LogP contribution in [0.2, 0.25) is 0 Å². The number of hydrogen-bond donors (Lipinski definition) is 0. The lowest BCUT2D eigenvalue weighted by Gasteiger charge is -2.24. The van der Waals surface area contributed by atoms with Gasteiger partial charge in [-0.15, -0.1) is 0 Å². The van der Waals surface area contributed by atoms with Gasteiger partial charge in [0.1, 0.15) is 28.0 Å². The molecule has 4 rings (SSSR count). The van der Waals surface area contributed by atoms with Crippen LogP contribution >= 0.6 is 0 Å². The van der Waals surface area contributed by atoms with Gasteiger partial charge in [0.25, 0.3) is 5.91 Å². The molecule has 0 unspecified atom stereocenters. The van der Waals surface area contributed by atoms with E-state index < -0.39 is 27.7 Å². The van der Waals surface area contributed by atoms with Crippen LogP contribution in [-0.2, 0) is 23.2 Å². The number of amides is 1. The van der Waals surface area contributed by atoms with Crippen molar-refractivity contribution in [1.82, 2.24) is 4.90 Å². The van der Waals surface area contributed by atoms with E-state index in [1.807, 2.05) is 0 Å². The maximum absolute atomic E-state index is 14.4. The van der Waals surface area contributed by atoms with E-state index in [0.29, 0.717) is 16.9 Å². The molecule has 0 aliphatic heterocycles. The lowest BCUT2D eigenvalue weighted by atomic mass is 10.1. The van der Waals surface area contributed by atoms with Gasteiger partial charge >= 0.3 is 10.1 Å². The minimum Gasteiger partial charge on any atom is -0.497 e. The van der Waals surface area contributed by atoms with Gasteiger partial charge in [0.15, 0.2) is 0 Å². The van der Waals surface area contributed by atoms with Crippen molar-refractivity contribution in [3.8, 4) is 11.5 Å². The molecule has 0 radical (unpaired) electrons. The lowest BCUT2D eigenvalue weighted by Crippen LogP contribution is -2.30. The first-order valence-electron chi connectivity index (χ1n) is 11.2. The van der Waals surface area contributed by atoms with Gasteiger partial charge in [0.2, 0.25) is 0 Å². The Kier molecular flexibility index (Phi) is 7.83. The molecule has 37 heavy (non-hydrogen) atoms. The van der Waals surface area contributed by atoms with Crippen molar-refractivity contribution in [2.75, 3.05) is 7.11 Å². The van der Waals surface area contributed by atoms with E-state index in [-0.39, 0.29) is 29.3 Å². The Morgan fingerprint density at radius 3 is 2.14 bits per heavy atom. The largest absolute Gasteiger partial charge is 0.497 e. The molecule has 0 aromatic heterocycles. The van der Waals surface area contributed by atoms with Gasteiger partial charge in [-0.3, -0.25) is 4.79 Å². The van der Waals surface area contributed by atoms with Crippen LogP contribution in [0.4, 0.5) is 8.78 Å². The maximum Gasteiger partial charge on any atom is 0.339 e. The van der Waals surface area contributed by atoms with Crippen molar-refractivity contribution < 1.29 is 30.9 Å². The van der Waals surface area contributed by atoms with Crippen LogP contribution in [0.15, 0.2) is 102 Å². The highest BCUT2D eigenvalue weighted by Gasteiger charge is 2.21. The first-order valence-corrected chi connectivity index (χ1v) is 12.6. The first kappa shape index (κ1) is 25.8. The number of methoxy groups -OCH3 is 1. The number of halogens is 2. The van der Waals surface area contributed by atoms with Crippen molar-refractivity contribution in [2.24, 2.45) is 0 Å². The van der Waals surface area contributed by atoms with Crippen LogP contribution in [0, 0.1) is 11.6 Å². The summed E-state index contributed by atoms with van der Waals surface area (Å²) in [6.07, 6.45) is 0. The topological polar surface area (TPSA) is 72.9 Å². The highest BCUT2D eigenvalue weighted by Crippen LogP contribution is 2.23. The van der Waals surface area contributed by atoms with Gasteiger partial charge in [-0.2, -0.15) is 8.42 Å². The van der Waals surface area contributed by atoms with Crippen LogP contribution < -0.4 is 8.92 Å². The summed E-state index contributed by atoms with van der Waals surface area (Å²) in [5.41, 5.74) is 1.08. The van der Waals surface area contributed by atoms with Crippen molar-refractivity contribution in [2.45, 2.75) is 18.0 Å². The molecule has 0 spiro atoms. The average molecular weight is 524 g/mol. The SMILES string of the molecule is COc1ccc(S(=O)(=O)Oc2cccc(CN(Cc3ccc(F)cc3)C(=O)c3ccccc3F)c2)cc1. The van der Waals surface area contributed by atoms with Crippen LogP contribution in [0.1, 0.15) is 21.5 Å². The molecule has 0 heterocycles. The zero-order valence-electron chi connectivity index (χ0n) is 19.8. The molecule has 6 nitrogen and oxygen atoms in total. The summed E-state index contributed by atoms with van der Waals surface area (Å²) in [5.74, 6) is -1.10. The molecule has 4 aromatic rings. The van der Waals surface area contributed by atoms with Crippen molar-refractivity contribution in [1.29, 1.82) is 0 Å². The van der Waals surface area contributed by atoms with Crippen LogP contribution in [0.3, 0.4) is 0 Å². The fourth-order valence-corrected chi connectivity index (χ4v) is 4.57. The van der Waals surface area contributed by atoms with Crippen molar-refractivity contribution in [3.05, 3.63) is 125 Å². The quantitative estimate of drug-likeness (QED) is 0.268. The molecular formula is C28H23F2NO5S. The summed E-state index contributed by atoms with van der Waals surface area (Å²) in [6, 6.07) is 23.3. The molecule has 0 fully saturated rings. The third-order valence-electron chi connectivity index (χ3n) is 5.50. The Bertz CT molecular complexity index is 1490. The van der Waals surface area contributed by atoms with Gasteiger partial charge in [-0.25, -0.2) is 8.78 Å². The normalized spacial score (nSPS) is 11.1. The molecule has 0 aliphatic carbocycles. The highest BCUT2D eigenvalue weighted by molar-refractivity contribution is 7.87. The zero-order chi connectivity index (χ0) is 26.4. The molecule has 0 aliphatic rings. The predicted molar refractivity (Wildman–Crippen MR) is 134 cm³/mol. The molecule has 0 atom stereocenters. The van der Waals surface area contributed by atoms with E-state index in [9.17, 15) is 22.0 Å². The van der Waals surface area contributed by atoms with Crippen LogP contribution in [-0.4, -0.2) is 26.3 Å². The standard InChI is InChI=1S/C28H23F2NO5S/c1-35-23-13-15-25(16-14-23)37(33,34)36-24-6-4-5-21(17-24)19-31(18-20-9-11-22(29)12-10-20)28(32)26-7-2-3-8-27(26)30/h2-17H,18-19H2,1H3. The Balaban J connectivity index is 1.59. The van der Waals surface area contributed by atoms with Gasteiger partial charge in [-0.1, -0.05) is 36.4 Å². The van der Waals surface area contributed by atoms with E-state index in [1.54, 1.807) is 18.2 Å². The summed E-state index contributed by atoms with van der Waals surface area (Å²) >= 11 is 0. The first-order chi connectivity index (χ1) is 17.7. The molecule has 9 heteroatoms. The predicted octanol–water partition coefficient (Wildman–Crippen LogP) is 5.58. The summed E-state index contributed by atoms with van der Waals surface area (Å²) in [7, 11) is -2.65. The second kappa shape index (κ2) is 11.2. The average Bonchev–Trinajstić information content (AvgIpc) is 2.89. The van der Waals surface area contributed by atoms with Crippen molar-refractivity contribution >= 4 is 16.0 Å². The fourth-order valence-electron chi connectivity index (χ4n) is 3.65.